The molecule has 2 nitrogen and oxygen atoms in total. The first-order valence-corrected chi connectivity index (χ1v) is 7.18. The minimum atomic E-state index is 0.975. The second kappa shape index (κ2) is 5.15. The van der Waals surface area contributed by atoms with E-state index in [1.807, 2.05) is 37.6 Å². The number of ether oxygens (including phenoxy) is 1. The lowest BCUT2D eigenvalue weighted by atomic mass is 10.1. The van der Waals surface area contributed by atoms with Crippen LogP contribution < -0.4 is 0 Å². The van der Waals surface area contributed by atoms with Gasteiger partial charge in [0.15, 0.2) is 0 Å². The first kappa shape index (κ1) is 11.9. The predicted octanol–water partition coefficient (Wildman–Crippen LogP) is 2.49. The average molecular weight is 254 g/mol. The Balaban J connectivity index is 2.38. The van der Waals surface area contributed by atoms with Gasteiger partial charge in [-0.1, -0.05) is 0 Å². The number of rotatable bonds is 1. The molecule has 0 N–H and O–H groups in total. The van der Waals surface area contributed by atoms with Gasteiger partial charge in [0, 0.05) is 23.2 Å². The van der Waals surface area contributed by atoms with Gasteiger partial charge in [0.2, 0.25) is 5.71 Å². The van der Waals surface area contributed by atoms with Crippen molar-refractivity contribution in [3.05, 3.63) is 33.8 Å². The Morgan fingerprint density at radius 2 is 1.88 bits per heavy atom. The maximum atomic E-state index is 5.47. The molecule has 16 heavy (non-hydrogen) atoms. The molecule has 1 saturated heterocycles. The molecular weight excluding hydrogens is 238 g/mol. The van der Waals surface area contributed by atoms with Crippen LogP contribution in [0.2, 0.25) is 0 Å². The van der Waals surface area contributed by atoms with Crippen molar-refractivity contribution in [3.63, 3.8) is 0 Å². The molecule has 4 heteroatoms. The number of allylic oxidation sites excluding steroid dienone is 3. The number of methoxy groups -OCH3 is 1. The summed E-state index contributed by atoms with van der Waals surface area (Å²) in [5, 5.41) is 0. The molecule has 0 atom stereocenters. The predicted molar refractivity (Wildman–Crippen MR) is 73.3 cm³/mol. The van der Waals surface area contributed by atoms with Gasteiger partial charge in [-0.15, -0.1) is 23.5 Å². The Morgan fingerprint density at radius 3 is 2.44 bits per heavy atom. The zero-order chi connectivity index (χ0) is 11.5. The Bertz CT molecular complexity index is 407. The smallest absolute Gasteiger partial charge is 0.203 e. The van der Waals surface area contributed by atoms with Gasteiger partial charge in [-0.2, -0.15) is 0 Å². The van der Waals surface area contributed by atoms with Crippen LogP contribution in [0.5, 0.6) is 0 Å². The largest absolute Gasteiger partial charge is 0.496 e. The molecule has 2 rings (SSSR count). The topological polar surface area (TPSA) is 12.2 Å². The molecule has 1 aliphatic carbocycles. The third-order valence-corrected chi connectivity index (χ3v) is 5.22. The van der Waals surface area contributed by atoms with Gasteiger partial charge in [0.05, 0.1) is 17.4 Å². The van der Waals surface area contributed by atoms with Crippen molar-refractivity contribution < 1.29 is 9.31 Å². The van der Waals surface area contributed by atoms with Crippen molar-refractivity contribution in [2.45, 2.75) is 0 Å². The third-order valence-electron chi connectivity index (χ3n) is 2.47. The average Bonchev–Trinajstić information content (AvgIpc) is 2.81. The lowest BCUT2D eigenvalue weighted by molar-refractivity contribution is -0.462. The molecule has 0 radical (unpaired) electrons. The van der Waals surface area contributed by atoms with Crippen LogP contribution in [0.15, 0.2) is 33.8 Å². The molecule has 2 aliphatic rings. The quantitative estimate of drug-likeness (QED) is 0.667. The highest BCUT2D eigenvalue weighted by Gasteiger charge is 2.20. The summed E-state index contributed by atoms with van der Waals surface area (Å²) in [6, 6.07) is 0. The molecule has 0 aromatic rings. The van der Waals surface area contributed by atoms with Crippen LogP contribution in [0.1, 0.15) is 0 Å². The summed E-state index contributed by atoms with van der Waals surface area (Å²) in [6.45, 7) is 0. The highest BCUT2D eigenvalue weighted by atomic mass is 32.2. The fourth-order valence-corrected chi connectivity index (χ4v) is 4.11. The summed E-state index contributed by atoms with van der Waals surface area (Å²) in [4.78, 5) is 0. The summed E-state index contributed by atoms with van der Waals surface area (Å²) < 4.78 is 8.95. The zero-order valence-electron chi connectivity index (χ0n) is 9.82. The van der Waals surface area contributed by atoms with E-state index in [0.29, 0.717) is 0 Å². The minimum absolute atomic E-state index is 0.975. The van der Waals surface area contributed by atoms with Crippen LogP contribution in [0.25, 0.3) is 0 Å². The number of nitrogens with zero attached hydrogens (tertiary/aromatic N) is 1. The first-order chi connectivity index (χ1) is 7.72. The molecule has 86 valence electrons. The number of thioether (sulfide) groups is 2. The Labute approximate surface area is 105 Å². The molecule has 0 bridgehead atoms. The van der Waals surface area contributed by atoms with Gasteiger partial charge in [-0.05, 0) is 6.08 Å². The van der Waals surface area contributed by atoms with E-state index < -0.39 is 0 Å². The molecule has 0 saturated carbocycles. The molecule has 1 aliphatic heterocycles. The van der Waals surface area contributed by atoms with E-state index in [2.05, 4.69) is 22.8 Å². The monoisotopic (exact) mass is 254 g/mol. The van der Waals surface area contributed by atoms with Crippen LogP contribution in [0, 0.1) is 0 Å². The number of hydrogen-bond acceptors (Lipinski definition) is 3. The maximum absolute atomic E-state index is 5.47. The standard InChI is InChI=1S/C12H16NOS2/c1-13(2)9-4-5-10(11(8-9)14-3)12-15-6-7-16-12/h4-5,8H,6-7H2,1-3H3/q+1. The van der Waals surface area contributed by atoms with E-state index in [4.69, 9.17) is 4.74 Å². The molecule has 0 amide bonds. The van der Waals surface area contributed by atoms with Crippen molar-refractivity contribution in [1.82, 2.24) is 0 Å². The van der Waals surface area contributed by atoms with Crippen molar-refractivity contribution in [1.29, 1.82) is 0 Å². The van der Waals surface area contributed by atoms with Crippen LogP contribution in [0.4, 0.5) is 0 Å². The van der Waals surface area contributed by atoms with Gasteiger partial charge in [-0.3, -0.25) is 0 Å². The van der Waals surface area contributed by atoms with Crippen molar-refractivity contribution in [2.24, 2.45) is 0 Å². The van der Waals surface area contributed by atoms with Gasteiger partial charge in [0.1, 0.15) is 19.9 Å². The summed E-state index contributed by atoms with van der Waals surface area (Å²) in [7, 11) is 5.82. The maximum Gasteiger partial charge on any atom is 0.203 e. The van der Waals surface area contributed by atoms with Crippen LogP contribution in [-0.4, -0.2) is 43.0 Å². The van der Waals surface area contributed by atoms with E-state index in [9.17, 15) is 0 Å². The summed E-state index contributed by atoms with van der Waals surface area (Å²) in [5.74, 6) is 3.39. The molecule has 0 aromatic heterocycles. The van der Waals surface area contributed by atoms with Crippen LogP contribution in [-0.2, 0) is 4.74 Å². The SMILES string of the molecule is COC1=CC(=[N+](C)C)C=CC1=C1SCCS1. The van der Waals surface area contributed by atoms with Crippen LogP contribution >= 0.6 is 23.5 Å². The fraction of sp³-hybridized carbons (Fsp3) is 0.417. The summed E-state index contributed by atoms with van der Waals surface area (Å²) in [6.07, 6.45) is 6.40. The van der Waals surface area contributed by atoms with Crippen molar-refractivity contribution in [2.75, 3.05) is 32.7 Å². The van der Waals surface area contributed by atoms with E-state index in [0.717, 1.165) is 5.76 Å². The van der Waals surface area contributed by atoms with E-state index in [-0.39, 0.29) is 0 Å². The second-order valence-corrected chi connectivity index (χ2v) is 6.23. The lowest BCUT2D eigenvalue weighted by Gasteiger charge is -2.12. The normalized spacial score (nSPS) is 20.2. The highest BCUT2D eigenvalue weighted by Crippen LogP contribution is 2.41. The van der Waals surface area contributed by atoms with Gasteiger partial charge >= 0.3 is 0 Å². The fourth-order valence-electron chi connectivity index (χ4n) is 1.59. The molecule has 1 heterocycles. The number of hydrogen-bond donors (Lipinski definition) is 0. The Hall–Kier alpha value is -0.610. The zero-order valence-corrected chi connectivity index (χ0v) is 11.5. The third kappa shape index (κ3) is 2.38. The van der Waals surface area contributed by atoms with Crippen molar-refractivity contribution >= 4 is 29.2 Å². The van der Waals surface area contributed by atoms with E-state index in [1.54, 1.807) is 7.11 Å². The minimum Gasteiger partial charge on any atom is -0.496 e. The van der Waals surface area contributed by atoms with Crippen molar-refractivity contribution in [3.8, 4) is 0 Å². The Kier molecular flexibility index (Phi) is 3.82. The highest BCUT2D eigenvalue weighted by molar-refractivity contribution is 8.25. The Morgan fingerprint density at radius 1 is 1.19 bits per heavy atom. The second-order valence-electron chi connectivity index (χ2n) is 3.76. The summed E-state index contributed by atoms with van der Waals surface area (Å²) in [5.41, 5.74) is 2.41. The molecule has 0 unspecified atom stereocenters. The molecule has 0 spiro atoms. The van der Waals surface area contributed by atoms with Crippen LogP contribution in [0.3, 0.4) is 0 Å². The molecule has 1 fully saturated rings. The van der Waals surface area contributed by atoms with Gasteiger partial charge in [-0.25, -0.2) is 4.58 Å². The summed E-state index contributed by atoms with van der Waals surface area (Å²) >= 11 is 3.85. The molecular formula is C12H16NOS2+. The van der Waals surface area contributed by atoms with Gasteiger partial charge < -0.3 is 4.74 Å². The lowest BCUT2D eigenvalue weighted by Crippen LogP contribution is -2.12. The first-order valence-electron chi connectivity index (χ1n) is 5.20. The van der Waals surface area contributed by atoms with Gasteiger partial charge in [0.25, 0.3) is 0 Å². The van der Waals surface area contributed by atoms with E-state index >= 15 is 0 Å². The molecule has 0 aromatic carbocycles. The van der Waals surface area contributed by atoms with E-state index in [1.165, 1.54) is 27.0 Å².